The van der Waals surface area contributed by atoms with Crippen LogP contribution in [0.1, 0.15) is 76.3 Å². The van der Waals surface area contributed by atoms with E-state index in [9.17, 15) is 9.59 Å². The normalized spacial score (nSPS) is 14.0. The van der Waals surface area contributed by atoms with E-state index in [4.69, 9.17) is 0 Å². The van der Waals surface area contributed by atoms with Crippen molar-refractivity contribution in [1.29, 1.82) is 0 Å². The van der Waals surface area contributed by atoms with E-state index in [-0.39, 0.29) is 11.1 Å². The molecule has 50 heavy (non-hydrogen) atoms. The molecule has 2 aliphatic rings. The van der Waals surface area contributed by atoms with Gasteiger partial charge in [-0.2, -0.15) is 0 Å². The summed E-state index contributed by atoms with van der Waals surface area (Å²) in [4.78, 5) is 23.1. The first-order valence-corrected chi connectivity index (χ1v) is 31.9. The van der Waals surface area contributed by atoms with Gasteiger partial charge in [-0.1, -0.05) is 85.0 Å². The third-order valence-corrected chi connectivity index (χ3v) is 20.1. The summed E-state index contributed by atoms with van der Waals surface area (Å²) in [6.45, 7) is 16.6. The zero-order valence-electron chi connectivity index (χ0n) is 32.1. The van der Waals surface area contributed by atoms with Crippen molar-refractivity contribution in [2.75, 3.05) is 0 Å². The number of carbonyl (C=O) groups is 2. The summed E-state index contributed by atoms with van der Waals surface area (Å²) >= 11 is -2.07. The second-order valence-electron chi connectivity index (χ2n) is 14.8. The quantitative estimate of drug-likeness (QED) is 0.138. The van der Waals surface area contributed by atoms with Gasteiger partial charge in [0.25, 0.3) is 0 Å². The number of nitrogens with one attached hydrogen (secondary N) is 2. The van der Waals surface area contributed by atoms with Crippen molar-refractivity contribution in [2.45, 2.75) is 104 Å². The van der Waals surface area contributed by atoms with Crippen molar-refractivity contribution < 1.29 is 32.8 Å². The molecular formula is C42H61InN2O2Si2Zr. The van der Waals surface area contributed by atoms with Crippen LogP contribution >= 0.6 is 0 Å². The molecule has 0 heterocycles. The van der Waals surface area contributed by atoms with Crippen LogP contribution in [0.15, 0.2) is 115 Å². The molecule has 2 aliphatic carbocycles. The van der Waals surface area contributed by atoms with Gasteiger partial charge in [-0.05, 0) is 11.1 Å². The van der Waals surface area contributed by atoms with Crippen molar-refractivity contribution in [3.05, 3.63) is 126 Å². The van der Waals surface area contributed by atoms with Crippen LogP contribution in [0.5, 0.6) is 0 Å². The van der Waals surface area contributed by atoms with Crippen molar-refractivity contribution in [1.82, 2.24) is 6.61 Å². The molecule has 0 spiro atoms. The molecule has 0 bridgehead atoms. The molecule has 8 heteroatoms. The fourth-order valence-electron chi connectivity index (χ4n) is 4.95. The zero-order valence-corrected chi connectivity index (χ0v) is 40.6. The van der Waals surface area contributed by atoms with E-state index in [0.29, 0.717) is 0 Å². The Morgan fingerprint density at radius 2 is 1.04 bits per heavy atom. The van der Waals surface area contributed by atoms with Gasteiger partial charge in [0, 0.05) is 0 Å². The zero-order chi connectivity index (χ0) is 36.8. The van der Waals surface area contributed by atoms with Crippen LogP contribution in [0.2, 0.25) is 39.3 Å². The van der Waals surface area contributed by atoms with Gasteiger partial charge in [-0.25, -0.2) is 0 Å². The monoisotopic (exact) mass is 886 g/mol. The second kappa shape index (κ2) is 24.3. The number of amides is 2. The molecule has 4 nitrogen and oxygen atoms in total. The number of hydrogen-bond acceptors (Lipinski definition) is 2. The summed E-state index contributed by atoms with van der Waals surface area (Å²) in [6, 6.07) is 20.6. The van der Waals surface area contributed by atoms with E-state index in [0.717, 1.165) is 0 Å². The van der Waals surface area contributed by atoms with Gasteiger partial charge in [-0.3, -0.25) is 0 Å². The van der Waals surface area contributed by atoms with Gasteiger partial charge in [-0.15, -0.1) is 0 Å². The van der Waals surface area contributed by atoms with Gasteiger partial charge < -0.3 is 0 Å². The van der Waals surface area contributed by atoms with E-state index >= 15 is 0 Å². The summed E-state index contributed by atoms with van der Waals surface area (Å²) in [5.74, 6) is 0. The van der Waals surface area contributed by atoms with E-state index in [1.165, 1.54) is 62.5 Å². The first-order chi connectivity index (χ1) is 23.8. The van der Waals surface area contributed by atoms with Crippen molar-refractivity contribution in [3.8, 4) is 0 Å². The molecule has 0 fully saturated rings. The summed E-state index contributed by atoms with van der Waals surface area (Å²) in [5.41, 5.74) is 6.22. The number of benzene rings is 2. The Balaban J connectivity index is 0.000000263. The van der Waals surface area contributed by atoms with Crippen LogP contribution < -0.4 is 6.61 Å². The third-order valence-electron chi connectivity index (χ3n) is 8.11. The maximum atomic E-state index is 11.6. The number of allylic oxidation sites excluding steroid dienone is 10. The molecule has 0 saturated heterocycles. The standard InChI is InChI=1S/C16H14.2C9H13.2C4H11NOSi.In.Zr.H/c1-3-9-15(10-4-1)13-7-8-14-16-11-5-2-6-12-16;2*1-2-3-6-9-7-4-5-8-9;2*1-7(2,3)4(5)6;;;/h1-14H;2*4,7H,2-3,5-6H2,1H3;2*1-3H3,(H2,5,6);;;/q;;;;;+2;;/p-2. The number of rotatable bonds is 15. The molecule has 2 aromatic rings. The number of carbonyl (C=O) groups excluding carboxylic acids is 2. The topological polar surface area (TPSA) is 58.2 Å². The molecule has 266 valence electrons. The summed E-state index contributed by atoms with van der Waals surface area (Å²) in [5, 5.41) is 0. The second-order valence-corrected chi connectivity index (χ2v) is 31.3. The summed E-state index contributed by atoms with van der Waals surface area (Å²) < 4.78 is 9.63. The molecule has 0 unspecified atom stereocenters. The van der Waals surface area contributed by atoms with Gasteiger partial charge in [0.15, 0.2) is 0 Å². The average Bonchev–Trinajstić information content (AvgIpc) is 3.74. The van der Waals surface area contributed by atoms with Crippen LogP contribution in [0.4, 0.5) is 9.59 Å². The molecule has 0 aromatic heterocycles. The van der Waals surface area contributed by atoms with Crippen LogP contribution in [-0.2, 0) is 23.2 Å². The van der Waals surface area contributed by atoms with E-state index in [2.05, 4.69) is 93.3 Å². The summed E-state index contributed by atoms with van der Waals surface area (Å²) in [6.07, 6.45) is 28.5. The minimum atomic E-state index is -1.72. The Morgan fingerprint density at radius 3 is 1.38 bits per heavy atom. The Kier molecular flexibility index (Phi) is 21.5. The number of hydrogen-bond donors (Lipinski definition) is 2. The predicted molar refractivity (Wildman–Crippen MR) is 222 cm³/mol. The number of unbranched alkanes of at least 4 members (excludes halogenated alkanes) is 2. The van der Waals surface area contributed by atoms with E-state index in [1.807, 2.05) is 82.2 Å². The molecule has 0 aliphatic heterocycles. The third kappa shape index (κ3) is 18.5. The Bertz CT molecular complexity index is 1400. The average molecular weight is 888 g/mol. The maximum absolute atomic E-state index is 11.6. The van der Waals surface area contributed by atoms with Crippen molar-refractivity contribution in [2.24, 2.45) is 0 Å². The van der Waals surface area contributed by atoms with Crippen LogP contribution in [0.25, 0.3) is 12.2 Å². The molecule has 0 saturated carbocycles. The first-order valence-electron chi connectivity index (χ1n) is 18.4. The van der Waals surface area contributed by atoms with Crippen molar-refractivity contribution >= 4 is 62.8 Å². The molecule has 0 radical (unpaired) electrons. The predicted octanol–water partition coefficient (Wildman–Crippen LogP) is 11.8. The minimum absolute atomic E-state index is 0.175. The first kappa shape index (κ1) is 44.2. The Hall–Kier alpha value is -1.99. The van der Waals surface area contributed by atoms with Crippen LogP contribution in [0.3, 0.4) is 0 Å². The Labute approximate surface area is 329 Å². The molecular weight excluding hydrogens is 827 g/mol. The molecule has 4 rings (SSSR count). The van der Waals surface area contributed by atoms with E-state index < -0.39 is 62.9 Å². The fourth-order valence-corrected chi connectivity index (χ4v) is 21.2. The molecule has 2 aromatic carbocycles. The van der Waals surface area contributed by atoms with Gasteiger partial charge >= 0.3 is 237 Å². The van der Waals surface area contributed by atoms with Crippen LogP contribution in [0, 0.1) is 0 Å². The SMILES string of the molecule is C(C=Cc1ccccc1)=Cc1ccccc1.CCCCC1=[C]([Zr][C]2=C(CCCC)C=CC2)CC=C1.C[Si](C)(C)C(=O)[NH][InH][NH]C(=O)[Si](C)(C)C. The van der Waals surface area contributed by atoms with Gasteiger partial charge in [0.1, 0.15) is 0 Å². The summed E-state index contributed by atoms with van der Waals surface area (Å²) in [7, 11) is -3.43. The van der Waals surface area contributed by atoms with Gasteiger partial charge in [0.05, 0.1) is 0 Å². The van der Waals surface area contributed by atoms with Crippen molar-refractivity contribution in [3.63, 3.8) is 0 Å². The molecule has 2 N–H and O–H groups in total. The Morgan fingerprint density at radius 1 is 0.660 bits per heavy atom. The van der Waals surface area contributed by atoms with E-state index in [1.54, 1.807) is 11.1 Å². The van der Waals surface area contributed by atoms with Crippen LogP contribution in [-0.4, -0.2) is 50.7 Å². The fraction of sp³-hybridized carbons (Fsp3) is 0.381. The molecule has 2 amide bonds. The van der Waals surface area contributed by atoms with Gasteiger partial charge in [0.2, 0.25) is 0 Å². The molecule has 0 atom stereocenters.